The lowest BCUT2D eigenvalue weighted by molar-refractivity contribution is 0.0594. The smallest absolute Gasteiger partial charge is 0.341 e. The Morgan fingerprint density at radius 2 is 2.09 bits per heavy atom. The average molecular weight is 320 g/mol. The summed E-state index contributed by atoms with van der Waals surface area (Å²) in [5.74, 6) is -0.606. The minimum absolute atomic E-state index is 0.166. The number of carbonyl (C=O) groups excluding carboxylic acids is 2. The molecule has 0 bridgehead atoms. The Kier molecular flexibility index (Phi) is 5.11. The van der Waals surface area contributed by atoms with Gasteiger partial charge in [0.25, 0.3) is 5.91 Å². The standard InChI is InChI=1S/C15H16N2O4S/c1-9(2)21-13-10(15(19)20-3)5-4-6-11(13)17-14(18)12-7-22-8-16-12/h4-9H,1-3H3,(H,17,18). The molecule has 0 saturated heterocycles. The van der Waals surface area contributed by atoms with E-state index in [-0.39, 0.29) is 23.3 Å². The maximum absolute atomic E-state index is 12.1. The van der Waals surface area contributed by atoms with E-state index in [9.17, 15) is 9.59 Å². The number of rotatable bonds is 5. The highest BCUT2D eigenvalue weighted by Crippen LogP contribution is 2.31. The third-order valence-electron chi connectivity index (χ3n) is 2.69. The van der Waals surface area contributed by atoms with Crippen LogP contribution in [0.5, 0.6) is 5.75 Å². The fourth-order valence-electron chi connectivity index (χ4n) is 1.78. The van der Waals surface area contributed by atoms with Crippen molar-refractivity contribution in [2.75, 3.05) is 12.4 Å². The Bertz CT molecular complexity index is 668. The maximum Gasteiger partial charge on any atom is 0.341 e. The van der Waals surface area contributed by atoms with Gasteiger partial charge in [0.05, 0.1) is 24.4 Å². The van der Waals surface area contributed by atoms with E-state index in [1.165, 1.54) is 18.4 Å². The van der Waals surface area contributed by atoms with Gasteiger partial charge in [-0.3, -0.25) is 4.79 Å². The summed E-state index contributed by atoms with van der Waals surface area (Å²) < 4.78 is 10.4. The van der Waals surface area contributed by atoms with Gasteiger partial charge in [0.15, 0.2) is 5.75 Å². The van der Waals surface area contributed by atoms with Gasteiger partial charge in [0.1, 0.15) is 11.3 Å². The van der Waals surface area contributed by atoms with Crippen LogP contribution in [-0.4, -0.2) is 30.1 Å². The quantitative estimate of drug-likeness (QED) is 0.857. The number of amides is 1. The highest BCUT2D eigenvalue weighted by atomic mass is 32.1. The predicted octanol–water partition coefficient (Wildman–Crippen LogP) is 2.97. The molecule has 1 heterocycles. The minimum Gasteiger partial charge on any atom is -0.488 e. The molecule has 0 fully saturated rings. The Morgan fingerprint density at radius 1 is 1.32 bits per heavy atom. The van der Waals surface area contributed by atoms with Gasteiger partial charge < -0.3 is 14.8 Å². The zero-order chi connectivity index (χ0) is 16.1. The van der Waals surface area contributed by atoms with Gasteiger partial charge in [-0.15, -0.1) is 11.3 Å². The number of hydrogen-bond donors (Lipinski definition) is 1. The molecule has 2 aromatic rings. The topological polar surface area (TPSA) is 77.5 Å². The molecule has 0 radical (unpaired) electrons. The number of methoxy groups -OCH3 is 1. The number of carbonyl (C=O) groups is 2. The first-order chi connectivity index (χ1) is 10.5. The van der Waals surface area contributed by atoms with Crippen LogP contribution in [0.2, 0.25) is 0 Å². The fraction of sp³-hybridized carbons (Fsp3) is 0.267. The van der Waals surface area contributed by atoms with Crippen LogP contribution in [-0.2, 0) is 4.74 Å². The molecule has 0 spiro atoms. The van der Waals surface area contributed by atoms with Crippen LogP contribution in [0.4, 0.5) is 5.69 Å². The van der Waals surface area contributed by atoms with E-state index in [0.29, 0.717) is 11.4 Å². The molecule has 0 unspecified atom stereocenters. The number of aromatic nitrogens is 1. The largest absolute Gasteiger partial charge is 0.488 e. The van der Waals surface area contributed by atoms with Gasteiger partial charge in [0.2, 0.25) is 0 Å². The molecule has 7 heteroatoms. The summed E-state index contributed by atoms with van der Waals surface area (Å²) in [5.41, 5.74) is 2.54. The van der Waals surface area contributed by atoms with Gasteiger partial charge in [-0.05, 0) is 26.0 Å². The molecular formula is C15H16N2O4S. The zero-order valence-corrected chi connectivity index (χ0v) is 13.3. The molecule has 0 aliphatic carbocycles. The summed E-state index contributed by atoms with van der Waals surface area (Å²) in [6, 6.07) is 4.90. The van der Waals surface area contributed by atoms with E-state index in [0.717, 1.165) is 0 Å². The molecule has 6 nitrogen and oxygen atoms in total. The number of thiazole rings is 1. The first kappa shape index (κ1) is 16.0. The number of nitrogens with one attached hydrogen (secondary N) is 1. The van der Waals surface area contributed by atoms with Crippen LogP contribution in [0.1, 0.15) is 34.7 Å². The van der Waals surface area contributed by atoms with Crippen molar-refractivity contribution in [3.8, 4) is 5.75 Å². The Balaban J connectivity index is 2.37. The van der Waals surface area contributed by atoms with E-state index in [4.69, 9.17) is 9.47 Å². The second kappa shape index (κ2) is 7.04. The zero-order valence-electron chi connectivity index (χ0n) is 12.5. The highest BCUT2D eigenvalue weighted by Gasteiger charge is 2.20. The summed E-state index contributed by atoms with van der Waals surface area (Å²) in [5, 5.41) is 4.35. The van der Waals surface area contributed by atoms with Crippen LogP contribution < -0.4 is 10.1 Å². The molecule has 1 amide bonds. The fourth-order valence-corrected chi connectivity index (χ4v) is 2.31. The van der Waals surface area contributed by atoms with Crippen molar-refractivity contribution in [2.45, 2.75) is 20.0 Å². The molecule has 22 heavy (non-hydrogen) atoms. The van der Waals surface area contributed by atoms with Crippen LogP contribution in [0.15, 0.2) is 29.1 Å². The van der Waals surface area contributed by atoms with E-state index < -0.39 is 5.97 Å². The molecule has 0 aliphatic heterocycles. The van der Waals surface area contributed by atoms with Crippen LogP contribution >= 0.6 is 11.3 Å². The molecule has 1 aromatic carbocycles. The number of nitrogens with zero attached hydrogens (tertiary/aromatic N) is 1. The molecule has 2 rings (SSSR count). The van der Waals surface area contributed by atoms with Crippen molar-refractivity contribution in [2.24, 2.45) is 0 Å². The minimum atomic E-state index is -0.527. The second-order valence-corrected chi connectivity index (χ2v) is 5.39. The first-order valence-corrected chi connectivity index (χ1v) is 7.54. The summed E-state index contributed by atoms with van der Waals surface area (Å²) in [4.78, 5) is 27.9. The molecule has 1 aromatic heterocycles. The van der Waals surface area contributed by atoms with E-state index in [1.807, 2.05) is 13.8 Å². The Labute approximate surface area is 132 Å². The normalized spacial score (nSPS) is 10.4. The summed E-state index contributed by atoms with van der Waals surface area (Å²) in [6.07, 6.45) is -0.166. The van der Waals surface area contributed by atoms with E-state index >= 15 is 0 Å². The average Bonchev–Trinajstić information content (AvgIpc) is 3.02. The molecule has 0 saturated carbocycles. The van der Waals surface area contributed by atoms with E-state index in [2.05, 4.69) is 10.3 Å². The van der Waals surface area contributed by atoms with Gasteiger partial charge in [0, 0.05) is 5.38 Å². The van der Waals surface area contributed by atoms with Gasteiger partial charge in [-0.1, -0.05) is 6.07 Å². The van der Waals surface area contributed by atoms with Crippen molar-refractivity contribution in [3.63, 3.8) is 0 Å². The van der Waals surface area contributed by atoms with Crippen LogP contribution in [0.3, 0.4) is 0 Å². The second-order valence-electron chi connectivity index (χ2n) is 4.67. The lowest BCUT2D eigenvalue weighted by atomic mass is 10.1. The monoisotopic (exact) mass is 320 g/mol. The molecule has 116 valence electrons. The first-order valence-electron chi connectivity index (χ1n) is 6.60. The number of hydrogen-bond acceptors (Lipinski definition) is 6. The Hall–Kier alpha value is -2.41. The lowest BCUT2D eigenvalue weighted by Gasteiger charge is -2.17. The summed E-state index contributed by atoms with van der Waals surface area (Å²) in [6.45, 7) is 3.67. The lowest BCUT2D eigenvalue weighted by Crippen LogP contribution is -2.17. The third-order valence-corrected chi connectivity index (χ3v) is 3.27. The predicted molar refractivity (Wildman–Crippen MR) is 83.6 cm³/mol. The van der Waals surface area contributed by atoms with E-state index in [1.54, 1.807) is 29.1 Å². The van der Waals surface area contributed by atoms with Crippen molar-refractivity contribution >= 4 is 28.9 Å². The molecule has 1 N–H and O–H groups in total. The van der Waals surface area contributed by atoms with Crippen molar-refractivity contribution in [3.05, 3.63) is 40.3 Å². The van der Waals surface area contributed by atoms with Crippen LogP contribution in [0.25, 0.3) is 0 Å². The molecule has 0 aliphatic rings. The SMILES string of the molecule is COC(=O)c1cccc(NC(=O)c2cscn2)c1OC(C)C. The van der Waals surface area contributed by atoms with Crippen molar-refractivity contribution in [1.82, 2.24) is 4.98 Å². The summed E-state index contributed by atoms with van der Waals surface area (Å²) in [7, 11) is 1.29. The Morgan fingerprint density at radius 3 is 2.68 bits per heavy atom. The maximum atomic E-state index is 12.1. The highest BCUT2D eigenvalue weighted by molar-refractivity contribution is 7.07. The van der Waals surface area contributed by atoms with Crippen molar-refractivity contribution < 1.29 is 19.1 Å². The van der Waals surface area contributed by atoms with Crippen molar-refractivity contribution in [1.29, 1.82) is 0 Å². The number of benzene rings is 1. The van der Waals surface area contributed by atoms with Gasteiger partial charge in [-0.2, -0.15) is 0 Å². The number of anilines is 1. The molecule has 0 atom stereocenters. The number of para-hydroxylation sites is 1. The van der Waals surface area contributed by atoms with Crippen LogP contribution in [0, 0.1) is 0 Å². The third kappa shape index (κ3) is 3.62. The molecular weight excluding hydrogens is 304 g/mol. The number of esters is 1. The van der Waals surface area contributed by atoms with Gasteiger partial charge >= 0.3 is 5.97 Å². The summed E-state index contributed by atoms with van der Waals surface area (Å²) >= 11 is 1.33. The number of ether oxygens (including phenoxy) is 2. The van der Waals surface area contributed by atoms with Gasteiger partial charge in [-0.25, -0.2) is 9.78 Å².